The smallest absolute Gasteiger partial charge is 0.328 e. The Kier molecular flexibility index (Phi) is 6.79. The summed E-state index contributed by atoms with van der Waals surface area (Å²) >= 11 is 0. The highest BCUT2D eigenvalue weighted by Gasteiger charge is 2.23. The van der Waals surface area contributed by atoms with Crippen LogP contribution in [0.3, 0.4) is 0 Å². The van der Waals surface area contributed by atoms with Crippen molar-refractivity contribution in [1.29, 1.82) is 0 Å². The number of fused-ring (bicyclic) bond motifs is 1. The van der Waals surface area contributed by atoms with Gasteiger partial charge in [-0.25, -0.2) is 9.18 Å². The molecule has 0 aliphatic heterocycles. The molecule has 7 nitrogen and oxygen atoms in total. The van der Waals surface area contributed by atoms with Crippen LogP contribution in [0.4, 0.5) is 4.39 Å². The summed E-state index contributed by atoms with van der Waals surface area (Å²) in [6.07, 6.45) is 1.89. The van der Waals surface area contributed by atoms with Gasteiger partial charge in [0.05, 0.1) is 13.5 Å². The van der Waals surface area contributed by atoms with Gasteiger partial charge < -0.3 is 19.8 Å². The number of nitrogens with one attached hydrogen (secondary N) is 2. The highest BCUT2D eigenvalue weighted by atomic mass is 19.1. The first kappa shape index (κ1) is 21.0. The molecule has 2 aromatic carbocycles. The number of esters is 2. The molecule has 0 radical (unpaired) electrons. The highest BCUT2D eigenvalue weighted by molar-refractivity contribution is 5.88. The molecule has 0 saturated heterocycles. The molecule has 1 amide bonds. The largest absolute Gasteiger partial charge is 0.467 e. The Morgan fingerprint density at radius 2 is 1.83 bits per heavy atom. The number of carbonyl (C=O) groups is 3. The predicted octanol–water partition coefficient (Wildman–Crippen LogP) is 2.29. The molecule has 1 heterocycles. The van der Waals surface area contributed by atoms with Gasteiger partial charge >= 0.3 is 11.9 Å². The molecule has 3 rings (SSSR count). The minimum Gasteiger partial charge on any atom is -0.467 e. The fourth-order valence-electron chi connectivity index (χ4n) is 3.06. The fraction of sp³-hybridized carbons (Fsp3) is 0.227. The van der Waals surface area contributed by atoms with E-state index in [9.17, 15) is 18.8 Å². The molecule has 0 aliphatic carbocycles. The van der Waals surface area contributed by atoms with E-state index in [-0.39, 0.29) is 12.8 Å². The average molecular weight is 412 g/mol. The van der Waals surface area contributed by atoms with Crippen molar-refractivity contribution in [3.8, 4) is 0 Å². The zero-order chi connectivity index (χ0) is 21.5. The Bertz CT molecular complexity index is 1050. The number of aromatic nitrogens is 1. The molecule has 0 spiro atoms. The summed E-state index contributed by atoms with van der Waals surface area (Å²) in [5.74, 6) is -2.28. The summed E-state index contributed by atoms with van der Waals surface area (Å²) in [5, 5.41) is 3.48. The van der Waals surface area contributed by atoms with Gasteiger partial charge in [-0.15, -0.1) is 0 Å². The average Bonchev–Trinajstić information content (AvgIpc) is 3.16. The van der Waals surface area contributed by atoms with E-state index in [1.807, 2.05) is 24.3 Å². The number of carbonyl (C=O) groups excluding carboxylic acids is 3. The minimum absolute atomic E-state index is 0.0939. The number of benzene rings is 2. The highest BCUT2D eigenvalue weighted by Crippen LogP contribution is 2.19. The maximum atomic E-state index is 12.9. The van der Waals surface area contributed by atoms with Gasteiger partial charge in [-0.1, -0.05) is 30.3 Å². The fourth-order valence-corrected chi connectivity index (χ4v) is 3.06. The van der Waals surface area contributed by atoms with Crippen LogP contribution in [0.25, 0.3) is 10.9 Å². The number of halogens is 1. The van der Waals surface area contributed by atoms with Gasteiger partial charge in [-0.05, 0) is 29.3 Å². The second-order valence-electron chi connectivity index (χ2n) is 6.67. The quantitative estimate of drug-likeness (QED) is 0.554. The molecule has 1 aromatic heterocycles. The molecule has 8 heteroatoms. The SMILES string of the molecule is COC(=O)[C@@H](Cc1c[nH]c2ccccc12)NC(=O)COC(=O)Cc1ccc(F)cc1. The van der Waals surface area contributed by atoms with Crippen LogP contribution in [-0.4, -0.2) is 42.6 Å². The lowest BCUT2D eigenvalue weighted by atomic mass is 10.0. The molecule has 0 saturated carbocycles. The van der Waals surface area contributed by atoms with Crippen molar-refractivity contribution in [2.24, 2.45) is 0 Å². The molecule has 30 heavy (non-hydrogen) atoms. The second kappa shape index (κ2) is 9.69. The molecule has 1 atom stereocenters. The van der Waals surface area contributed by atoms with E-state index in [0.29, 0.717) is 5.56 Å². The first-order valence-electron chi connectivity index (χ1n) is 9.28. The Morgan fingerprint density at radius 3 is 2.57 bits per heavy atom. The van der Waals surface area contributed by atoms with Crippen LogP contribution >= 0.6 is 0 Å². The molecule has 0 unspecified atom stereocenters. The van der Waals surface area contributed by atoms with Crippen molar-refractivity contribution in [3.63, 3.8) is 0 Å². The van der Waals surface area contributed by atoms with Crippen LogP contribution in [0.2, 0.25) is 0 Å². The molecule has 156 valence electrons. The summed E-state index contributed by atoms with van der Waals surface area (Å²) in [6.45, 7) is -0.540. The van der Waals surface area contributed by atoms with E-state index in [2.05, 4.69) is 10.3 Å². The van der Waals surface area contributed by atoms with Gasteiger partial charge in [-0.3, -0.25) is 9.59 Å². The number of aromatic amines is 1. The Morgan fingerprint density at radius 1 is 1.10 bits per heavy atom. The van der Waals surface area contributed by atoms with Gasteiger partial charge in [0.1, 0.15) is 11.9 Å². The number of para-hydroxylation sites is 1. The van der Waals surface area contributed by atoms with Crippen molar-refractivity contribution in [2.45, 2.75) is 18.9 Å². The third-order valence-electron chi connectivity index (χ3n) is 4.55. The van der Waals surface area contributed by atoms with Gasteiger partial charge in [0.2, 0.25) is 0 Å². The van der Waals surface area contributed by atoms with Gasteiger partial charge in [0, 0.05) is 23.5 Å². The number of methoxy groups -OCH3 is 1. The maximum absolute atomic E-state index is 12.9. The molecule has 3 aromatic rings. The van der Waals surface area contributed by atoms with Gasteiger partial charge in [0.15, 0.2) is 6.61 Å². The standard InChI is InChI=1S/C22H21FN2O5/c1-29-22(28)19(11-15-12-24-18-5-3-2-4-17(15)18)25-20(26)13-30-21(27)10-14-6-8-16(23)9-7-14/h2-9,12,19,24H,10-11,13H2,1H3,(H,25,26)/t19-/m1/s1. The van der Waals surface area contributed by atoms with Crippen LogP contribution in [0.5, 0.6) is 0 Å². The van der Waals surface area contributed by atoms with Gasteiger partial charge in [-0.2, -0.15) is 0 Å². The maximum Gasteiger partial charge on any atom is 0.328 e. The van der Waals surface area contributed by atoms with Crippen LogP contribution in [0, 0.1) is 5.82 Å². The van der Waals surface area contributed by atoms with Crippen LogP contribution in [0.15, 0.2) is 54.7 Å². The van der Waals surface area contributed by atoms with E-state index in [0.717, 1.165) is 16.5 Å². The number of hydrogen-bond acceptors (Lipinski definition) is 5. The topological polar surface area (TPSA) is 97.5 Å². The van der Waals surface area contributed by atoms with E-state index in [1.54, 1.807) is 6.20 Å². The number of amides is 1. The summed E-state index contributed by atoms with van der Waals surface area (Å²) in [6, 6.07) is 12.1. The molecular weight excluding hydrogens is 391 g/mol. The molecule has 2 N–H and O–H groups in total. The van der Waals surface area contributed by atoms with Crippen molar-refractivity contribution < 1.29 is 28.2 Å². The third-order valence-corrected chi connectivity index (χ3v) is 4.55. The Labute approximate surface area is 172 Å². The number of hydrogen-bond donors (Lipinski definition) is 2. The van der Waals surface area contributed by atoms with Crippen molar-refractivity contribution in [3.05, 3.63) is 71.7 Å². The second-order valence-corrected chi connectivity index (χ2v) is 6.67. The lowest BCUT2D eigenvalue weighted by Crippen LogP contribution is -2.44. The summed E-state index contributed by atoms with van der Waals surface area (Å²) < 4.78 is 22.6. The molecule has 0 aliphatic rings. The molecule has 0 fully saturated rings. The first-order chi connectivity index (χ1) is 14.5. The minimum atomic E-state index is -0.933. The zero-order valence-corrected chi connectivity index (χ0v) is 16.3. The van der Waals surface area contributed by atoms with E-state index < -0.39 is 36.3 Å². The summed E-state index contributed by atoms with van der Waals surface area (Å²) in [7, 11) is 1.24. The van der Waals surface area contributed by atoms with E-state index in [4.69, 9.17) is 9.47 Å². The monoisotopic (exact) mass is 412 g/mol. The predicted molar refractivity (Wildman–Crippen MR) is 107 cm³/mol. The Hall–Kier alpha value is -3.68. The van der Waals surface area contributed by atoms with E-state index in [1.165, 1.54) is 31.4 Å². The van der Waals surface area contributed by atoms with E-state index >= 15 is 0 Å². The molecular formula is C22H21FN2O5. The summed E-state index contributed by atoms with van der Waals surface area (Å²) in [4.78, 5) is 39.3. The number of ether oxygens (including phenoxy) is 2. The van der Waals surface area contributed by atoms with Crippen LogP contribution < -0.4 is 5.32 Å². The van der Waals surface area contributed by atoms with Crippen molar-refractivity contribution in [1.82, 2.24) is 10.3 Å². The van der Waals surface area contributed by atoms with Crippen LogP contribution in [0.1, 0.15) is 11.1 Å². The summed E-state index contributed by atoms with van der Waals surface area (Å²) in [5.41, 5.74) is 2.32. The zero-order valence-electron chi connectivity index (χ0n) is 16.3. The lowest BCUT2D eigenvalue weighted by molar-refractivity contribution is -0.149. The van der Waals surface area contributed by atoms with Crippen LogP contribution in [-0.2, 0) is 36.7 Å². The number of H-pyrrole nitrogens is 1. The van der Waals surface area contributed by atoms with Crippen molar-refractivity contribution >= 4 is 28.7 Å². The van der Waals surface area contributed by atoms with Gasteiger partial charge in [0.25, 0.3) is 5.91 Å². The third kappa shape index (κ3) is 5.44. The normalized spacial score (nSPS) is 11.7. The molecule has 0 bridgehead atoms. The number of rotatable bonds is 8. The first-order valence-corrected chi connectivity index (χ1v) is 9.28. The Balaban J connectivity index is 1.56. The lowest BCUT2D eigenvalue weighted by Gasteiger charge is -2.16. The van der Waals surface area contributed by atoms with Crippen molar-refractivity contribution in [2.75, 3.05) is 13.7 Å².